The van der Waals surface area contributed by atoms with Gasteiger partial charge in [-0.25, -0.2) is 9.37 Å². The molecule has 5 rings (SSSR count). The molecule has 5 aromatic rings. The van der Waals surface area contributed by atoms with Gasteiger partial charge in [-0.1, -0.05) is 38.1 Å². The van der Waals surface area contributed by atoms with Crippen molar-refractivity contribution >= 4 is 17.1 Å². The molecule has 0 fully saturated rings. The van der Waals surface area contributed by atoms with E-state index in [-0.39, 0.29) is 17.3 Å². The molecule has 0 saturated carbocycles. The fraction of sp³-hybridized carbons (Fsp3) is 0.182. The Balaban J connectivity index is 1.50. The average molecular weight is 536 g/mol. The quantitative estimate of drug-likeness (QED) is 0.199. The number of rotatable bonds is 8. The van der Waals surface area contributed by atoms with Crippen molar-refractivity contribution < 1.29 is 13.9 Å². The smallest absolute Gasteiger partial charge is 0.282 e. The Hall–Kier alpha value is -4.78. The van der Waals surface area contributed by atoms with Gasteiger partial charge in [0.1, 0.15) is 23.9 Å². The third-order valence-corrected chi connectivity index (χ3v) is 6.71. The number of benzene rings is 4. The zero-order valence-corrected chi connectivity index (χ0v) is 22.9. The first-order valence-corrected chi connectivity index (χ1v) is 13.1. The predicted octanol–water partition coefficient (Wildman–Crippen LogP) is 7.10. The summed E-state index contributed by atoms with van der Waals surface area (Å²) in [4.78, 5) is 18.5. The minimum Gasteiger partial charge on any atom is -0.496 e. The van der Waals surface area contributed by atoms with Crippen molar-refractivity contribution in [3.8, 4) is 22.9 Å². The summed E-state index contributed by atoms with van der Waals surface area (Å²) >= 11 is 0. The number of halogens is 1. The maximum Gasteiger partial charge on any atom is 0.282 e. The summed E-state index contributed by atoms with van der Waals surface area (Å²) in [6.45, 7) is 6.50. The van der Waals surface area contributed by atoms with E-state index in [0.29, 0.717) is 29.1 Å². The second kappa shape index (κ2) is 11.5. The molecule has 40 heavy (non-hydrogen) atoms. The number of fused-ring (bicyclic) bond motifs is 1. The van der Waals surface area contributed by atoms with Gasteiger partial charge in [-0.15, -0.1) is 0 Å². The Morgan fingerprint density at radius 3 is 2.42 bits per heavy atom. The summed E-state index contributed by atoms with van der Waals surface area (Å²) in [5.41, 5.74) is 4.78. The predicted molar refractivity (Wildman–Crippen MR) is 157 cm³/mol. The Morgan fingerprint density at radius 1 is 1.00 bits per heavy atom. The molecule has 202 valence electrons. The molecule has 7 heteroatoms. The van der Waals surface area contributed by atoms with Crippen LogP contribution in [0.1, 0.15) is 42.0 Å². The number of aryl methyl sites for hydroxylation is 1. The van der Waals surface area contributed by atoms with E-state index >= 15 is 0 Å². The number of methoxy groups -OCH3 is 1. The van der Waals surface area contributed by atoms with Crippen LogP contribution in [-0.2, 0) is 6.61 Å². The van der Waals surface area contributed by atoms with Crippen molar-refractivity contribution in [1.29, 1.82) is 0 Å². The first kappa shape index (κ1) is 26.8. The number of nitrogens with zero attached hydrogens (tertiary/aromatic N) is 3. The minimum absolute atomic E-state index is 0.210. The molecule has 0 N–H and O–H groups in total. The second-order valence-corrected chi connectivity index (χ2v) is 9.86. The van der Waals surface area contributed by atoms with Gasteiger partial charge in [0.25, 0.3) is 5.56 Å². The van der Waals surface area contributed by atoms with Gasteiger partial charge < -0.3 is 9.47 Å². The fourth-order valence-electron chi connectivity index (χ4n) is 4.49. The summed E-state index contributed by atoms with van der Waals surface area (Å²) in [6, 6.07) is 24.9. The van der Waals surface area contributed by atoms with E-state index in [9.17, 15) is 9.18 Å². The molecule has 0 atom stereocenters. The Morgan fingerprint density at radius 2 is 1.73 bits per heavy atom. The van der Waals surface area contributed by atoms with E-state index < -0.39 is 0 Å². The van der Waals surface area contributed by atoms with Gasteiger partial charge in [0, 0.05) is 5.56 Å². The van der Waals surface area contributed by atoms with Crippen molar-refractivity contribution in [3.05, 3.63) is 123 Å². The molecule has 0 bridgehead atoms. The Labute approximate surface area is 232 Å². The molecule has 6 nitrogen and oxygen atoms in total. The molecule has 4 aromatic carbocycles. The van der Waals surface area contributed by atoms with Gasteiger partial charge in [-0.05, 0) is 95.8 Å². The highest BCUT2D eigenvalue weighted by atomic mass is 19.1. The Kier molecular flexibility index (Phi) is 7.73. The van der Waals surface area contributed by atoms with Gasteiger partial charge in [-0.2, -0.15) is 9.78 Å². The van der Waals surface area contributed by atoms with E-state index in [0.717, 1.165) is 33.6 Å². The zero-order chi connectivity index (χ0) is 28.2. The van der Waals surface area contributed by atoms with Crippen LogP contribution in [0.25, 0.3) is 22.3 Å². The highest BCUT2D eigenvalue weighted by Gasteiger charge is 2.18. The molecule has 0 aliphatic carbocycles. The summed E-state index contributed by atoms with van der Waals surface area (Å²) < 4.78 is 25.9. The maximum absolute atomic E-state index is 13.6. The molecule has 0 aliphatic heterocycles. The van der Waals surface area contributed by atoms with E-state index in [1.165, 1.54) is 16.8 Å². The first-order chi connectivity index (χ1) is 19.3. The molecule has 1 aromatic heterocycles. The van der Waals surface area contributed by atoms with Crippen LogP contribution in [0.2, 0.25) is 0 Å². The highest BCUT2D eigenvalue weighted by molar-refractivity contribution is 5.82. The molecular weight excluding hydrogens is 505 g/mol. The van der Waals surface area contributed by atoms with Gasteiger partial charge in [-0.3, -0.25) is 4.79 Å². The molecule has 0 unspecified atom stereocenters. The van der Waals surface area contributed by atoms with Crippen LogP contribution in [0.5, 0.6) is 11.5 Å². The van der Waals surface area contributed by atoms with Gasteiger partial charge in [0.05, 0.1) is 24.2 Å². The SMILES string of the molecule is COc1cc(C)c(-c2nc3ccccc3c(=O)n2N=Cc2ccc(OCc3ccc(F)cc3)cc2)cc1C(C)C. The summed E-state index contributed by atoms with van der Waals surface area (Å²) in [5, 5.41) is 5.09. The summed E-state index contributed by atoms with van der Waals surface area (Å²) in [7, 11) is 1.66. The first-order valence-electron chi connectivity index (χ1n) is 13.1. The van der Waals surface area contributed by atoms with Crippen molar-refractivity contribution in [3.63, 3.8) is 0 Å². The van der Waals surface area contributed by atoms with Crippen LogP contribution in [0, 0.1) is 12.7 Å². The van der Waals surface area contributed by atoms with Crippen LogP contribution in [0.4, 0.5) is 4.39 Å². The topological polar surface area (TPSA) is 65.7 Å². The van der Waals surface area contributed by atoms with Crippen molar-refractivity contribution in [2.75, 3.05) is 7.11 Å². The normalized spacial score (nSPS) is 11.4. The van der Waals surface area contributed by atoms with Crippen molar-refractivity contribution in [2.45, 2.75) is 33.3 Å². The van der Waals surface area contributed by atoms with Crippen LogP contribution in [0.15, 0.2) is 94.8 Å². The standard InChI is InChI=1S/C33H30FN3O3/c1-21(2)28-18-29(22(3)17-31(28)39-4)32-36-30-8-6-5-7-27(30)33(38)37(32)35-19-23-11-15-26(16-12-23)40-20-24-9-13-25(34)14-10-24/h5-19,21H,20H2,1-4H3. The molecule has 0 radical (unpaired) electrons. The van der Waals surface area contributed by atoms with E-state index in [1.54, 1.807) is 31.5 Å². The Bertz CT molecular complexity index is 1740. The summed E-state index contributed by atoms with van der Waals surface area (Å²) in [6.07, 6.45) is 1.63. The van der Waals surface area contributed by atoms with Gasteiger partial charge >= 0.3 is 0 Å². The molecule has 0 amide bonds. The molecule has 1 heterocycles. The summed E-state index contributed by atoms with van der Waals surface area (Å²) in [5.74, 6) is 1.86. The lowest BCUT2D eigenvalue weighted by Crippen LogP contribution is -2.20. The molecule has 0 spiro atoms. The zero-order valence-electron chi connectivity index (χ0n) is 22.9. The fourth-order valence-corrected chi connectivity index (χ4v) is 4.49. The number of hydrogen-bond donors (Lipinski definition) is 0. The molecular formula is C33H30FN3O3. The van der Waals surface area contributed by atoms with Gasteiger partial charge in [0.2, 0.25) is 0 Å². The third kappa shape index (κ3) is 5.64. The monoisotopic (exact) mass is 535 g/mol. The molecule has 0 aliphatic rings. The average Bonchev–Trinajstić information content (AvgIpc) is 2.96. The second-order valence-electron chi connectivity index (χ2n) is 9.86. The van der Waals surface area contributed by atoms with Crippen molar-refractivity contribution in [1.82, 2.24) is 9.66 Å². The van der Waals surface area contributed by atoms with E-state index in [2.05, 4.69) is 18.9 Å². The maximum atomic E-state index is 13.6. The van der Waals surface area contributed by atoms with Gasteiger partial charge in [0.15, 0.2) is 5.82 Å². The number of para-hydroxylation sites is 1. The lowest BCUT2D eigenvalue weighted by atomic mass is 9.96. The largest absolute Gasteiger partial charge is 0.496 e. The number of ether oxygens (including phenoxy) is 2. The van der Waals surface area contributed by atoms with Crippen molar-refractivity contribution in [2.24, 2.45) is 5.10 Å². The third-order valence-electron chi connectivity index (χ3n) is 6.71. The van der Waals surface area contributed by atoms with Crippen LogP contribution < -0.4 is 15.0 Å². The van der Waals surface area contributed by atoms with Crippen LogP contribution >= 0.6 is 0 Å². The van der Waals surface area contributed by atoms with Crippen LogP contribution in [-0.4, -0.2) is 23.0 Å². The number of hydrogen-bond acceptors (Lipinski definition) is 5. The minimum atomic E-state index is -0.279. The van der Waals surface area contributed by atoms with E-state index in [1.807, 2.05) is 61.5 Å². The highest BCUT2D eigenvalue weighted by Crippen LogP contribution is 2.34. The number of aromatic nitrogens is 2. The lowest BCUT2D eigenvalue weighted by molar-refractivity contribution is 0.306. The van der Waals surface area contributed by atoms with E-state index in [4.69, 9.17) is 14.5 Å². The molecule has 0 saturated heterocycles. The lowest BCUT2D eigenvalue weighted by Gasteiger charge is -2.17. The van der Waals surface area contributed by atoms with Crippen LogP contribution in [0.3, 0.4) is 0 Å².